The number of nitrogens with zero attached hydrogens (tertiary/aromatic N) is 5. The number of amides is 1. The fourth-order valence-electron chi connectivity index (χ4n) is 2.41. The van der Waals surface area contributed by atoms with Gasteiger partial charge >= 0.3 is 0 Å². The van der Waals surface area contributed by atoms with E-state index in [1.165, 1.54) is 0 Å². The highest BCUT2D eigenvalue weighted by Crippen LogP contribution is 2.12. The van der Waals surface area contributed by atoms with E-state index < -0.39 is 0 Å². The highest BCUT2D eigenvalue weighted by molar-refractivity contribution is 5.94. The number of pyridine rings is 1. The first-order valence-corrected chi connectivity index (χ1v) is 6.89. The quantitative estimate of drug-likeness (QED) is 0.823. The molecule has 1 amide bonds. The predicted molar refractivity (Wildman–Crippen MR) is 74.6 cm³/mol. The first-order valence-electron chi connectivity index (χ1n) is 6.89. The van der Waals surface area contributed by atoms with E-state index in [1.807, 2.05) is 17.9 Å². The van der Waals surface area contributed by atoms with Crippen LogP contribution in [-0.2, 0) is 11.3 Å². The number of rotatable bonds is 3. The summed E-state index contributed by atoms with van der Waals surface area (Å²) in [5, 5.41) is 7.69. The van der Waals surface area contributed by atoms with E-state index >= 15 is 0 Å². The molecule has 3 rings (SSSR count). The zero-order valence-electron chi connectivity index (χ0n) is 11.8. The molecule has 0 spiro atoms. The highest BCUT2D eigenvalue weighted by Gasteiger charge is 2.25. The van der Waals surface area contributed by atoms with Gasteiger partial charge in [-0.2, -0.15) is 0 Å². The summed E-state index contributed by atoms with van der Waals surface area (Å²) in [4.78, 5) is 18.4. The predicted octanol–water partition coefficient (Wildman–Crippen LogP) is 0.523. The Kier molecular flexibility index (Phi) is 3.92. The van der Waals surface area contributed by atoms with Crippen molar-refractivity contribution >= 4 is 5.91 Å². The molecule has 21 heavy (non-hydrogen) atoms. The molecular weight excluding hydrogens is 270 g/mol. The maximum atomic E-state index is 12.5. The Morgan fingerprint density at radius 2 is 2.38 bits per heavy atom. The molecular formula is C14H17N5O2. The molecule has 0 aliphatic carbocycles. The molecule has 0 radical (unpaired) electrons. The van der Waals surface area contributed by atoms with Crippen molar-refractivity contribution in [3.8, 4) is 0 Å². The summed E-state index contributed by atoms with van der Waals surface area (Å²) < 4.78 is 7.41. The third-order valence-electron chi connectivity index (χ3n) is 3.41. The molecule has 2 aromatic rings. The van der Waals surface area contributed by atoms with Gasteiger partial charge in [0.1, 0.15) is 0 Å². The fraction of sp³-hybridized carbons (Fsp3) is 0.429. The molecule has 7 nitrogen and oxygen atoms in total. The zero-order valence-corrected chi connectivity index (χ0v) is 11.8. The van der Waals surface area contributed by atoms with Crippen molar-refractivity contribution in [1.29, 1.82) is 0 Å². The maximum absolute atomic E-state index is 12.5. The van der Waals surface area contributed by atoms with Gasteiger partial charge in [-0.3, -0.25) is 9.78 Å². The zero-order chi connectivity index (χ0) is 14.7. The van der Waals surface area contributed by atoms with E-state index in [4.69, 9.17) is 4.74 Å². The van der Waals surface area contributed by atoms with Crippen molar-refractivity contribution in [3.05, 3.63) is 42.0 Å². The Hall–Kier alpha value is -2.28. The van der Waals surface area contributed by atoms with Crippen LogP contribution >= 0.6 is 0 Å². The van der Waals surface area contributed by atoms with E-state index in [9.17, 15) is 4.79 Å². The summed E-state index contributed by atoms with van der Waals surface area (Å²) in [5.74, 6) is -0.00177. The largest absolute Gasteiger partial charge is 0.373 e. The molecule has 0 aromatic carbocycles. The summed E-state index contributed by atoms with van der Waals surface area (Å²) in [6, 6.07) is 1.86. The maximum Gasteiger partial charge on any atom is 0.255 e. The van der Waals surface area contributed by atoms with Gasteiger partial charge in [-0.25, -0.2) is 4.68 Å². The average molecular weight is 287 g/mol. The second-order valence-electron chi connectivity index (χ2n) is 5.12. The summed E-state index contributed by atoms with van der Waals surface area (Å²) in [7, 11) is 0. The number of ether oxygens (including phenoxy) is 1. The summed E-state index contributed by atoms with van der Waals surface area (Å²) in [6.07, 6.45) is 6.70. The topological polar surface area (TPSA) is 73.1 Å². The van der Waals surface area contributed by atoms with Crippen molar-refractivity contribution in [2.24, 2.45) is 0 Å². The van der Waals surface area contributed by atoms with Crippen molar-refractivity contribution in [1.82, 2.24) is 24.9 Å². The second kappa shape index (κ2) is 6.01. The van der Waals surface area contributed by atoms with Crippen LogP contribution in [0.25, 0.3) is 0 Å². The van der Waals surface area contributed by atoms with E-state index in [1.54, 1.807) is 29.5 Å². The van der Waals surface area contributed by atoms with Crippen LogP contribution in [0.3, 0.4) is 0 Å². The number of carbonyl (C=O) groups excluding carboxylic acids is 1. The molecule has 7 heteroatoms. The third-order valence-corrected chi connectivity index (χ3v) is 3.41. The molecule has 110 valence electrons. The molecule has 2 aromatic heterocycles. The molecule has 0 saturated carbocycles. The van der Waals surface area contributed by atoms with Gasteiger partial charge in [0.05, 0.1) is 31.0 Å². The van der Waals surface area contributed by atoms with Crippen molar-refractivity contribution in [2.45, 2.75) is 19.6 Å². The first kappa shape index (κ1) is 13.7. The number of morpholine rings is 1. The van der Waals surface area contributed by atoms with Crippen molar-refractivity contribution in [3.63, 3.8) is 0 Å². The first-order chi connectivity index (χ1) is 10.2. The Balaban J connectivity index is 1.66. The van der Waals surface area contributed by atoms with E-state index in [0.717, 1.165) is 5.56 Å². The number of carbonyl (C=O) groups is 1. The molecule has 1 saturated heterocycles. The summed E-state index contributed by atoms with van der Waals surface area (Å²) >= 11 is 0. The van der Waals surface area contributed by atoms with Gasteiger partial charge in [0.25, 0.3) is 5.91 Å². The van der Waals surface area contributed by atoms with Crippen LogP contribution in [0, 0.1) is 6.92 Å². The van der Waals surface area contributed by atoms with Crippen LogP contribution in [0.4, 0.5) is 0 Å². The minimum absolute atomic E-state index is 0.00177. The van der Waals surface area contributed by atoms with Gasteiger partial charge in [-0.1, -0.05) is 5.21 Å². The van der Waals surface area contributed by atoms with Crippen LogP contribution in [0.5, 0.6) is 0 Å². The summed E-state index contributed by atoms with van der Waals surface area (Å²) in [6.45, 7) is 4.20. The van der Waals surface area contributed by atoms with Crippen molar-refractivity contribution in [2.75, 3.05) is 19.7 Å². The number of hydrogen-bond donors (Lipinski definition) is 0. The monoisotopic (exact) mass is 287 g/mol. The SMILES string of the molecule is Cc1cncc(C(=O)N2CCOC(Cn3ccnn3)C2)c1. The minimum atomic E-state index is -0.0674. The van der Waals surface area contributed by atoms with Crippen LogP contribution < -0.4 is 0 Å². The van der Waals surface area contributed by atoms with E-state index in [0.29, 0.717) is 31.8 Å². The van der Waals surface area contributed by atoms with Gasteiger partial charge in [-0.15, -0.1) is 5.10 Å². The molecule has 3 heterocycles. The number of aromatic nitrogens is 4. The van der Waals surface area contributed by atoms with Gasteiger partial charge in [-0.05, 0) is 18.6 Å². The average Bonchev–Trinajstić information content (AvgIpc) is 3.00. The lowest BCUT2D eigenvalue weighted by Gasteiger charge is -2.32. The molecule has 1 atom stereocenters. The fourth-order valence-corrected chi connectivity index (χ4v) is 2.41. The molecule has 1 unspecified atom stereocenters. The Bertz CT molecular complexity index is 614. The summed E-state index contributed by atoms with van der Waals surface area (Å²) in [5.41, 5.74) is 1.60. The number of aryl methyl sites for hydroxylation is 1. The molecule has 1 aliphatic heterocycles. The Morgan fingerprint density at radius 1 is 1.48 bits per heavy atom. The number of hydrogen-bond acceptors (Lipinski definition) is 5. The van der Waals surface area contributed by atoms with Crippen LogP contribution in [0.2, 0.25) is 0 Å². The minimum Gasteiger partial charge on any atom is -0.373 e. The molecule has 0 N–H and O–H groups in total. The van der Waals surface area contributed by atoms with Gasteiger partial charge < -0.3 is 9.64 Å². The lowest BCUT2D eigenvalue weighted by molar-refractivity contribution is -0.0302. The standard InChI is InChI=1S/C14H17N5O2/c1-11-6-12(8-15-7-11)14(20)18-4-5-21-13(9-18)10-19-3-2-16-17-19/h2-3,6-8,13H,4-5,9-10H2,1H3. The highest BCUT2D eigenvalue weighted by atomic mass is 16.5. The van der Waals surface area contributed by atoms with Crippen LogP contribution in [-0.4, -0.2) is 56.6 Å². The van der Waals surface area contributed by atoms with Crippen LogP contribution in [0.15, 0.2) is 30.9 Å². The van der Waals surface area contributed by atoms with Gasteiger partial charge in [0.15, 0.2) is 0 Å². The second-order valence-corrected chi connectivity index (χ2v) is 5.12. The lowest BCUT2D eigenvalue weighted by atomic mass is 10.1. The van der Waals surface area contributed by atoms with Crippen molar-refractivity contribution < 1.29 is 9.53 Å². The smallest absolute Gasteiger partial charge is 0.255 e. The van der Waals surface area contributed by atoms with E-state index in [-0.39, 0.29) is 12.0 Å². The van der Waals surface area contributed by atoms with Crippen LogP contribution in [0.1, 0.15) is 15.9 Å². The molecule has 1 aliphatic rings. The molecule has 0 bridgehead atoms. The van der Waals surface area contributed by atoms with E-state index in [2.05, 4.69) is 15.3 Å². The molecule has 1 fully saturated rings. The normalized spacial score (nSPS) is 18.7. The van der Waals surface area contributed by atoms with Gasteiger partial charge in [0, 0.05) is 31.7 Å². The lowest BCUT2D eigenvalue weighted by Crippen LogP contribution is -2.47. The Morgan fingerprint density at radius 3 is 3.14 bits per heavy atom. The Labute approximate surface area is 122 Å². The third kappa shape index (κ3) is 3.25. The van der Waals surface area contributed by atoms with Gasteiger partial charge in [0.2, 0.25) is 0 Å².